The Hall–Kier alpha value is -0.810. The topological polar surface area (TPSA) is 49.9 Å². The molecule has 6 heteroatoms. The van der Waals surface area contributed by atoms with Crippen molar-refractivity contribution in [2.45, 2.75) is 12.0 Å². The molecule has 0 radical (unpaired) electrons. The Labute approximate surface area is 115 Å². The summed E-state index contributed by atoms with van der Waals surface area (Å²) >= 11 is 12.0. The molecule has 2 N–H and O–H groups in total. The monoisotopic (exact) mass is 285 g/mol. The number of aromatic nitrogens is 2. The van der Waals surface area contributed by atoms with Crippen molar-refractivity contribution < 1.29 is 4.74 Å². The lowest BCUT2D eigenvalue weighted by Crippen LogP contribution is -2.31. The number of aromatic amines is 1. The van der Waals surface area contributed by atoms with Gasteiger partial charge in [0, 0.05) is 6.04 Å². The average Bonchev–Trinajstić information content (AvgIpc) is 2.95. The molecule has 0 saturated carbocycles. The van der Waals surface area contributed by atoms with Crippen LogP contribution < -0.4 is 5.32 Å². The second kappa shape index (κ2) is 4.70. The van der Waals surface area contributed by atoms with Gasteiger partial charge < -0.3 is 15.0 Å². The number of H-pyrrole nitrogens is 1. The highest BCUT2D eigenvalue weighted by atomic mass is 35.5. The van der Waals surface area contributed by atoms with Crippen molar-refractivity contribution in [1.29, 1.82) is 0 Å². The van der Waals surface area contributed by atoms with E-state index in [9.17, 15) is 0 Å². The highest BCUT2D eigenvalue weighted by Crippen LogP contribution is 2.30. The van der Waals surface area contributed by atoms with Crippen LogP contribution in [0.2, 0.25) is 10.0 Å². The summed E-state index contributed by atoms with van der Waals surface area (Å²) in [5.74, 6) is 1.15. The third-order valence-corrected chi connectivity index (χ3v) is 4.07. The molecule has 4 nitrogen and oxygen atoms in total. The molecule has 0 amide bonds. The van der Waals surface area contributed by atoms with Crippen molar-refractivity contribution in [3.8, 4) is 0 Å². The highest BCUT2D eigenvalue weighted by molar-refractivity contribution is 6.42. The zero-order valence-electron chi connectivity index (χ0n) is 9.84. The molecule has 96 valence electrons. The van der Waals surface area contributed by atoms with Crippen molar-refractivity contribution in [3.05, 3.63) is 28.0 Å². The number of benzene rings is 1. The molecule has 0 bridgehead atoms. The first-order valence-corrected chi connectivity index (χ1v) is 6.54. The quantitative estimate of drug-likeness (QED) is 0.892. The Morgan fingerprint density at radius 1 is 1.33 bits per heavy atom. The molecule has 3 rings (SSSR count). The molecule has 18 heavy (non-hydrogen) atoms. The van der Waals surface area contributed by atoms with E-state index in [1.807, 2.05) is 7.05 Å². The molecular weight excluding hydrogens is 273 g/mol. The van der Waals surface area contributed by atoms with E-state index in [0.29, 0.717) is 23.3 Å². The minimum absolute atomic E-state index is 0.236. The van der Waals surface area contributed by atoms with E-state index in [1.54, 1.807) is 12.1 Å². The van der Waals surface area contributed by atoms with Gasteiger partial charge in [0.25, 0.3) is 0 Å². The standard InChI is InChI=1S/C12H13Cl2N3O/c1-15-11-5-18-4-6(11)12-16-9-2-7(13)8(14)3-10(9)17-12/h2-3,6,11,15H,4-5H2,1H3,(H,16,17). The van der Waals surface area contributed by atoms with Crippen molar-refractivity contribution in [2.75, 3.05) is 20.3 Å². The first-order valence-electron chi connectivity index (χ1n) is 5.78. The fourth-order valence-corrected chi connectivity index (χ4v) is 2.63. The predicted octanol–water partition coefficient (Wildman–Crippen LogP) is 2.57. The fraction of sp³-hybridized carbons (Fsp3) is 0.417. The lowest BCUT2D eigenvalue weighted by molar-refractivity contribution is 0.188. The number of hydrogen-bond donors (Lipinski definition) is 2. The van der Waals surface area contributed by atoms with E-state index < -0.39 is 0 Å². The van der Waals surface area contributed by atoms with E-state index in [0.717, 1.165) is 16.9 Å². The maximum atomic E-state index is 6.00. The van der Waals surface area contributed by atoms with Gasteiger partial charge in [-0.25, -0.2) is 4.98 Å². The van der Waals surface area contributed by atoms with Gasteiger partial charge in [0.2, 0.25) is 0 Å². The van der Waals surface area contributed by atoms with Gasteiger partial charge in [-0.3, -0.25) is 0 Å². The summed E-state index contributed by atoms with van der Waals surface area (Å²) in [7, 11) is 1.93. The third kappa shape index (κ3) is 1.99. The summed E-state index contributed by atoms with van der Waals surface area (Å²) < 4.78 is 5.48. The number of ether oxygens (including phenoxy) is 1. The first-order chi connectivity index (χ1) is 8.69. The molecule has 1 aromatic carbocycles. The van der Waals surface area contributed by atoms with E-state index in [-0.39, 0.29) is 12.0 Å². The number of fused-ring (bicyclic) bond motifs is 1. The lowest BCUT2D eigenvalue weighted by atomic mass is 10.0. The molecule has 1 aromatic heterocycles. The normalized spacial score (nSPS) is 23.9. The van der Waals surface area contributed by atoms with Gasteiger partial charge in [0.15, 0.2) is 0 Å². The molecule has 1 aliphatic rings. The van der Waals surface area contributed by atoms with E-state index in [4.69, 9.17) is 27.9 Å². The van der Waals surface area contributed by atoms with Crippen LogP contribution in [0.4, 0.5) is 0 Å². The molecule has 0 aliphatic carbocycles. The van der Waals surface area contributed by atoms with Crippen LogP contribution in [0.15, 0.2) is 12.1 Å². The van der Waals surface area contributed by atoms with Crippen LogP contribution in [0.25, 0.3) is 11.0 Å². The minimum atomic E-state index is 0.236. The zero-order valence-corrected chi connectivity index (χ0v) is 11.3. The molecular formula is C12H13Cl2N3O. The smallest absolute Gasteiger partial charge is 0.114 e. The molecule has 2 atom stereocenters. The summed E-state index contributed by atoms with van der Waals surface area (Å²) in [4.78, 5) is 7.87. The molecule has 0 spiro atoms. The maximum Gasteiger partial charge on any atom is 0.114 e. The van der Waals surface area contributed by atoms with E-state index >= 15 is 0 Å². The van der Waals surface area contributed by atoms with Gasteiger partial charge in [-0.1, -0.05) is 23.2 Å². The van der Waals surface area contributed by atoms with Crippen LogP contribution >= 0.6 is 23.2 Å². The van der Waals surface area contributed by atoms with Crippen LogP contribution in [0, 0.1) is 0 Å². The molecule has 2 heterocycles. The van der Waals surface area contributed by atoms with Crippen LogP contribution in [-0.2, 0) is 4.74 Å². The largest absolute Gasteiger partial charge is 0.379 e. The van der Waals surface area contributed by atoms with Crippen molar-refractivity contribution >= 4 is 34.2 Å². The third-order valence-electron chi connectivity index (χ3n) is 3.34. The van der Waals surface area contributed by atoms with Crippen LogP contribution in [0.1, 0.15) is 11.7 Å². The van der Waals surface area contributed by atoms with Crippen molar-refractivity contribution in [1.82, 2.24) is 15.3 Å². The van der Waals surface area contributed by atoms with E-state index in [2.05, 4.69) is 15.3 Å². The molecule has 1 saturated heterocycles. The summed E-state index contributed by atoms with van der Waals surface area (Å²) in [6.07, 6.45) is 0. The summed E-state index contributed by atoms with van der Waals surface area (Å²) in [6, 6.07) is 3.88. The summed E-state index contributed by atoms with van der Waals surface area (Å²) in [5.41, 5.74) is 1.74. The highest BCUT2D eigenvalue weighted by Gasteiger charge is 2.30. The van der Waals surface area contributed by atoms with Gasteiger partial charge in [0.1, 0.15) is 5.82 Å². The Balaban J connectivity index is 2.03. The number of nitrogens with zero attached hydrogens (tertiary/aromatic N) is 1. The van der Waals surface area contributed by atoms with Crippen molar-refractivity contribution in [3.63, 3.8) is 0 Å². The Morgan fingerprint density at radius 3 is 2.89 bits per heavy atom. The Morgan fingerprint density at radius 2 is 2.11 bits per heavy atom. The fourth-order valence-electron chi connectivity index (χ4n) is 2.31. The minimum Gasteiger partial charge on any atom is -0.379 e. The number of likely N-dealkylation sites (N-methyl/N-ethyl adjacent to an activating group) is 1. The number of imidazole rings is 1. The lowest BCUT2D eigenvalue weighted by Gasteiger charge is -2.13. The van der Waals surface area contributed by atoms with Gasteiger partial charge in [0.05, 0.1) is 40.2 Å². The van der Waals surface area contributed by atoms with Crippen LogP contribution in [0.5, 0.6) is 0 Å². The van der Waals surface area contributed by atoms with E-state index in [1.165, 1.54) is 0 Å². The van der Waals surface area contributed by atoms with Gasteiger partial charge in [-0.2, -0.15) is 0 Å². The number of rotatable bonds is 2. The molecule has 2 unspecified atom stereocenters. The predicted molar refractivity (Wildman–Crippen MR) is 72.5 cm³/mol. The van der Waals surface area contributed by atoms with Crippen LogP contribution in [-0.4, -0.2) is 36.3 Å². The SMILES string of the molecule is CNC1COCC1c1nc2cc(Cl)c(Cl)cc2[nH]1. The summed E-state index contributed by atoms with van der Waals surface area (Å²) in [6.45, 7) is 1.38. The van der Waals surface area contributed by atoms with Crippen LogP contribution in [0.3, 0.4) is 0 Å². The number of halogens is 2. The zero-order chi connectivity index (χ0) is 12.7. The van der Waals surface area contributed by atoms with Gasteiger partial charge in [-0.05, 0) is 19.2 Å². The number of hydrogen-bond acceptors (Lipinski definition) is 3. The first kappa shape index (κ1) is 12.2. The molecule has 1 aliphatic heterocycles. The van der Waals surface area contributed by atoms with Crippen molar-refractivity contribution in [2.24, 2.45) is 0 Å². The maximum absolute atomic E-state index is 6.00. The Kier molecular flexibility index (Phi) is 3.20. The molecule has 1 fully saturated rings. The van der Waals surface area contributed by atoms with Gasteiger partial charge in [-0.15, -0.1) is 0 Å². The summed E-state index contributed by atoms with van der Waals surface area (Å²) in [5, 5.41) is 4.30. The second-order valence-electron chi connectivity index (χ2n) is 4.44. The average molecular weight is 286 g/mol. The Bertz CT molecular complexity index is 545. The molecule has 2 aromatic rings. The van der Waals surface area contributed by atoms with Gasteiger partial charge >= 0.3 is 0 Å². The second-order valence-corrected chi connectivity index (χ2v) is 5.26. The number of nitrogens with one attached hydrogen (secondary N) is 2.